The molecule has 0 amide bonds. The van der Waals surface area contributed by atoms with E-state index in [2.05, 4.69) is 6.07 Å². The van der Waals surface area contributed by atoms with Crippen LogP contribution in [0.2, 0.25) is 0 Å². The SMILES string of the molecule is CCOC(=O)C1=C(C)OC(n2cccc2)=C(C#N)C1c1ccc(OCc2ccc(F)cc2)cc1. The van der Waals surface area contributed by atoms with E-state index >= 15 is 0 Å². The highest BCUT2D eigenvalue weighted by molar-refractivity contribution is 5.93. The van der Waals surface area contributed by atoms with Crippen molar-refractivity contribution in [2.24, 2.45) is 0 Å². The Kier molecular flexibility index (Phi) is 6.79. The van der Waals surface area contributed by atoms with Gasteiger partial charge in [-0.3, -0.25) is 4.57 Å². The van der Waals surface area contributed by atoms with Gasteiger partial charge in [0, 0.05) is 12.4 Å². The number of carbonyl (C=O) groups excluding carboxylic acids is 1. The summed E-state index contributed by atoms with van der Waals surface area (Å²) in [5.74, 6) is -0.164. The van der Waals surface area contributed by atoms with E-state index in [0.29, 0.717) is 23.0 Å². The Bertz CT molecular complexity index is 1270. The molecule has 4 rings (SSSR count). The summed E-state index contributed by atoms with van der Waals surface area (Å²) in [6.45, 7) is 3.91. The summed E-state index contributed by atoms with van der Waals surface area (Å²) >= 11 is 0. The summed E-state index contributed by atoms with van der Waals surface area (Å²) in [7, 11) is 0. The molecule has 34 heavy (non-hydrogen) atoms. The van der Waals surface area contributed by atoms with Gasteiger partial charge in [0.25, 0.3) is 0 Å². The van der Waals surface area contributed by atoms with Gasteiger partial charge in [-0.05, 0) is 61.4 Å². The van der Waals surface area contributed by atoms with Crippen molar-refractivity contribution < 1.29 is 23.4 Å². The zero-order valence-electron chi connectivity index (χ0n) is 18.8. The maximum absolute atomic E-state index is 13.1. The second kappa shape index (κ2) is 10.1. The second-order valence-electron chi connectivity index (χ2n) is 7.63. The summed E-state index contributed by atoms with van der Waals surface area (Å²) in [4.78, 5) is 12.8. The molecule has 2 aromatic carbocycles. The number of hydrogen-bond donors (Lipinski definition) is 0. The van der Waals surface area contributed by atoms with Crippen LogP contribution in [0.4, 0.5) is 4.39 Å². The number of rotatable bonds is 7. The lowest BCUT2D eigenvalue weighted by Gasteiger charge is -2.28. The van der Waals surface area contributed by atoms with Crippen LogP contribution >= 0.6 is 0 Å². The second-order valence-corrected chi connectivity index (χ2v) is 7.63. The number of esters is 1. The third-order valence-electron chi connectivity index (χ3n) is 5.42. The number of carbonyl (C=O) groups is 1. The van der Waals surface area contributed by atoms with Crippen molar-refractivity contribution in [2.45, 2.75) is 26.4 Å². The van der Waals surface area contributed by atoms with Crippen molar-refractivity contribution in [3.05, 3.63) is 107 Å². The molecular weight excluding hydrogens is 435 g/mol. The maximum Gasteiger partial charge on any atom is 0.338 e. The first kappa shape index (κ1) is 22.9. The Morgan fingerprint density at radius 2 is 1.79 bits per heavy atom. The fraction of sp³-hybridized carbons (Fsp3) is 0.185. The first-order chi connectivity index (χ1) is 16.5. The highest BCUT2D eigenvalue weighted by Crippen LogP contribution is 2.42. The monoisotopic (exact) mass is 458 g/mol. The number of nitriles is 1. The molecule has 0 N–H and O–H groups in total. The van der Waals surface area contributed by atoms with Crippen molar-refractivity contribution in [1.29, 1.82) is 5.26 Å². The number of benzene rings is 2. The normalized spacial score (nSPS) is 15.5. The lowest BCUT2D eigenvalue weighted by Crippen LogP contribution is -2.24. The highest BCUT2D eigenvalue weighted by atomic mass is 19.1. The lowest BCUT2D eigenvalue weighted by molar-refractivity contribution is -0.139. The largest absolute Gasteiger partial charge is 0.489 e. The van der Waals surface area contributed by atoms with E-state index in [4.69, 9.17) is 14.2 Å². The van der Waals surface area contributed by atoms with Gasteiger partial charge in [-0.1, -0.05) is 24.3 Å². The van der Waals surface area contributed by atoms with Crippen molar-refractivity contribution in [3.8, 4) is 11.8 Å². The molecule has 0 aliphatic carbocycles. The van der Waals surface area contributed by atoms with Gasteiger partial charge >= 0.3 is 5.97 Å². The third kappa shape index (κ3) is 4.71. The standard InChI is InChI=1S/C27H23FN2O4/c1-3-32-27(31)24-18(2)34-26(30-14-4-5-15-30)23(16-29)25(24)20-8-12-22(13-9-20)33-17-19-6-10-21(28)11-7-19/h4-15,25H,3,17H2,1-2H3. The average Bonchev–Trinajstić information content (AvgIpc) is 3.38. The topological polar surface area (TPSA) is 73.5 Å². The number of hydrogen-bond acceptors (Lipinski definition) is 5. The molecule has 7 heteroatoms. The first-order valence-corrected chi connectivity index (χ1v) is 10.8. The molecule has 1 aliphatic heterocycles. The van der Waals surface area contributed by atoms with Gasteiger partial charge in [0.05, 0.1) is 18.1 Å². The fourth-order valence-corrected chi connectivity index (χ4v) is 3.81. The molecule has 1 atom stereocenters. The molecule has 6 nitrogen and oxygen atoms in total. The Labute approximate surface area is 197 Å². The molecule has 2 heterocycles. The van der Waals surface area contributed by atoms with Crippen LogP contribution in [0.5, 0.6) is 5.75 Å². The molecule has 1 aromatic heterocycles. The van der Waals surface area contributed by atoms with Crippen LogP contribution < -0.4 is 4.74 Å². The third-order valence-corrected chi connectivity index (χ3v) is 5.42. The summed E-state index contributed by atoms with van der Waals surface area (Å²) in [5.41, 5.74) is 2.14. The summed E-state index contributed by atoms with van der Waals surface area (Å²) in [5, 5.41) is 10.1. The van der Waals surface area contributed by atoms with Crippen LogP contribution in [0.3, 0.4) is 0 Å². The maximum atomic E-state index is 13.1. The Balaban J connectivity index is 1.67. The molecular formula is C27H23FN2O4. The number of aromatic nitrogens is 1. The first-order valence-electron chi connectivity index (χ1n) is 10.8. The van der Waals surface area contributed by atoms with Gasteiger partial charge in [-0.25, -0.2) is 9.18 Å². The van der Waals surface area contributed by atoms with Crippen molar-refractivity contribution in [3.63, 3.8) is 0 Å². The van der Waals surface area contributed by atoms with Gasteiger partial charge < -0.3 is 14.2 Å². The molecule has 1 aliphatic rings. The minimum atomic E-state index is -0.665. The molecule has 3 aromatic rings. The molecule has 0 fully saturated rings. The van der Waals surface area contributed by atoms with Crippen molar-refractivity contribution in [1.82, 2.24) is 4.57 Å². The molecule has 172 valence electrons. The van der Waals surface area contributed by atoms with Crippen LogP contribution in [-0.2, 0) is 20.9 Å². The molecule has 0 spiro atoms. The predicted molar refractivity (Wildman–Crippen MR) is 124 cm³/mol. The number of ether oxygens (including phenoxy) is 3. The number of nitrogens with zero attached hydrogens (tertiary/aromatic N) is 2. The lowest BCUT2D eigenvalue weighted by atomic mass is 9.83. The molecule has 1 unspecified atom stereocenters. The number of halogens is 1. The van der Waals surface area contributed by atoms with E-state index < -0.39 is 11.9 Å². The van der Waals surface area contributed by atoms with E-state index in [1.165, 1.54) is 12.1 Å². The van der Waals surface area contributed by atoms with E-state index in [9.17, 15) is 14.4 Å². The Hall–Kier alpha value is -4.31. The van der Waals surface area contributed by atoms with Gasteiger partial charge in [0.1, 0.15) is 35.6 Å². The van der Waals surface area contributed by atoms with Gasteiger partial charge in [-0.15, -0.1) is 0 Å². The predicted octanol–water partition coefficient (Wildman–Crippen LogP) is 5.55. The Morgan fingerprint density at radius 3 is 2.41 bits per heavy atom. The zero-order valence-corrected chi connectivity index (χ0v) is 18.8. The fourth-order valence-electron chi connectivity index (χ4n) is 3.81. The van der Waals surface area contributed by atoms with Gasteiger partial charge in [0.2, 0.25) is 5.88 Å². The molecule has 0 radical (unpaired) electrons. The van der Waals surface area contributed by atoms with Crippen LogP contribution in [0.15, 0.2) is 90.0 Å². The van der Waals surface area contributed by atoms with Crippen LogP contribution in [0.1, 0.15) is 30.9 Å². The van der Waals surface area contributed by atoms with E-state index in [1.807, 2.05) is 24.3 Å². The smallest absolute Gasteiger partial charge is 0.338 e. The molecule has 0 bridgehead atoms. The minimum absolute atomic E-state index is 0.203. The van der Waals surface area contributed by atoms with Gasteiger partial charge in [-0.2, -0.15) is 5.26 Å². The van der Waals surface area contributed by atoms with Crippen LogP contribution in [0.25, 0.3) is 5.88 Å². The van der Waals surface area contributed by atoms with Crippen molar-refractivity contribution in [2.75, 3.05) is 6.61 Å². The summed E-state index contributed by atoms with van der Waals surface area (Å²) in [6.07, 6.45) is 3.55. The molecule has 0 saturated heterocycles. The van der Waals surface area contributed by atoms with E-state index in [0.717, 1.165) is 11.1 Å². The Morgan fingerprint density at radius 1 is 1.12 bits per heavy atom. The quantitative estimate of drug-likeness (QED) is 0.434. The van der Waals surface area contributed by atoms with Crippen molar-refractivity contribution >= 4 is 11.9 Å². The minimum Gasteiger partial charge on any atom is -0.489 e. The molecule has 0 saturated carbocycles. The van der Waals surface area contributed by atoms with Crippen LogP contribution in [-0.4, -0.2) is 17.1 Å². The average molecular weight is 458 g/mol. The highest BCUT2D eigenvalue weighted by Gasteiger charge is 2.37. The van der Waals surface area contributed by atoms with Crippen LogP contribution in [0, 0.1) is 17.1 Å². The van der Waals surface area contributed by atoms with E-state index in [-0.39, 0.29) is 24.6 Å². The van der Waals surface area contributed by atoms with E-state index in [1.54, 1.807) is 55.1 Å². The van der Waals surface area contributed by atoms with Gasteiger partial charge in [0.15, 0.2) is 0 Å². The zero-order chi connectivity index (χ0) is 24.1. The number of allylic oxidation sites excluding steroid dienone is 2. The summed E-state index contributed by atoms with van der Waals surface area (Å²) < 4.78 is 31.8. The summed E-state index contributed by atoms with van der Waals surface area (Å²) in [6, 6.07) is 19.2.